The molecule has 1 aromatic carbocycles. The van der Waals surface area contributed by atoms with Crippen LogP contribution in [0.5, 0.6) is 0 Å². The number of aromatic nitrogens is 1. The molecule has 0 saturated heterocycles. The highest BCUT2D eigenvalue weighted by molar-refractivity contribution is 5.86. The lowest BCUT2D eigenvalue weighted by molar-refractivity contribution is 0.527. The summed E-state index contributed by atoms with van der Waals surface area (Å²) >= 11 is 0. The van der Waals surface area contributed by atoms with Crippen LogP contribution in [0.3, 0.4) is 0 Å². The number of nitrogens with zero attached hydrogens (tertiary/aromatic N) is 1. The minimum atomic E-state index is 0.680. The van der Waals surface area contributed by atoms with Crippen molar-refractivity contribution in [2.45, 2.75) is 59.7 Å². The van der Waals surface area contributed by atoms with Crippen molar-refractivity contribution in [1.29, 1.82) is 0 Å². The second-order valence-corrected chi connectivity index (χ2v) is 6.72. The van der Waals surface area contributed by atoms with E-state index >= 15 is 0 Å². The highest BCUT2D eigenvalue weighted by Gasteiger charge is 2.20. The summed E-state index contributed by atoms with van der Waals surface area (Å²) in [6.07, 6.45) is 2.70. The van der Waals surface area contributed by atoms with E-state index in [2.05, 4.69) is 55.8 Å². The van der Waals surface area contributed by atoms with E-state index in [1.54, 1.807) is 0 Å². The van der Waals surface area contributed by atoms with Crippen molar-refractivity contribution in [2.75, 3.05) is 0 Å². The zero-order valence-electron chi connectivity index (χ0n) is 13.2. The van der Waals surface area contributed by atoms with Gasteiger partial charge in [0.2, 0.25) is 0 Å². The van der Waals surface area contributed by atoms with Crippen molar-refractivity contribution in [1.82, 2.24) is 9.88 Å². The number of hydrogen-bond donors (Lipinski definition) is 1. The maximum Gasteiger partial charge on any atom is 0.0485 e. The second-order valence-electron chi connectivity index (χ2n) is 6.72. The lowest BCUT2D eigenvalue weighted by Gasteiger charge is -2.11. The summed E-state index contributed by atoms with van der Waals surface area (Å²) in [5.41, 5.74) is 5.66. The van der Waals surface area contributed by atoms with Crippen LogP contribution < -0.4 is 5.32 Å². The first-order chi connectivity index (χ1) is 9.56. The summed E-state index contributed by atoms with van der Waals surface area (Å²) in [6, 6.07) is 7.75. The quantitative estimate of drug-likeness (QED) is 0.863. The molecule has 20 heavy (non-hydrogen) atoms. The minimum absolute atomic E-state index is 0.680. The van der Waals surface area contributed by atoms with E-state index in [4.69, 9.17) is 0 Å². The van der Waals surface area contributed by atoms with E-state index in [0.717, 1.165) is 19.1 Å². The molecule has 3 rings (SSSR count). The van der Waals surface area contributed by atoms with Crippen LogP contribution in [0.25, 0.3) is 10.9 Å². The molecule has 1 aliphatic carbocycles. The van der Waals surface area contributed by atoms with E-state index in [1.165, 1.54) is 40.6 Å². The highest BCUT2D eigenvalue weighted by atomic mass is 15.0. The molecule has 1 aliphatic rings. The number of rotatable bonds is 5. The van der Waals surface area contributed by atoms with Gasteiger partial charge in [-0.05, 0) is 55.9 Å². The number of fused-ring (bicyclic) bond motifs is 1. The summed E-state index contributed by atoms with van der Waals surface area (Å²) in [5, 5.41) is 5.03. The smallest absolute Gasteiger partial charge is 0.0485 e. The monoisotopic (exact) mass is 270 g/mol. The Morgan fingerprint density at radius 2 is 2.00 bits per heavy atom. The predicted octanol–water partition coefficient (Wildman–Crippen LogP) is 4.17. The second kappa shape index (κ2) is 5.25. The number of hydrogen-bond acceptors (Lipinski definition) is 1. The van der Waals surface area contributed by atoms with Gasteiger partial charge in [0.15, 0.2) is 0 Å². The number of benzene rings is 1. The van der Waals surface area contributed by atoms with Crippen LogP contribution in [0.15, 0.2) is 18.2 Å². The Kier molecular flexibility index (Phi) is 3.59. The molecule has 0 radical (unpaired) electrons. The van der Waals surface area contributed by atoms with Crippen LogP contribution in [0.2, 0.25) is 0 Å². The SMILES string of the molecule is Cc1c(C)n(CC(C)C)c2ccc(CNC3CC3)cc12. The van der Waals surface area contributed by atoms with Gasteiger partial charge in [-0.1, -0.05) is 19.9 Å². The third kappa shape index (κ3) is 2.62. The van der Waals surface area contributed by atoms with Gasteiger partial charge in [0.1, 0.15) is 0 Å². The molecule has 0 unspecified atom stereocenters. The molecule has 1 heterocycles. The number of nitrogens with one attached hydrogen (secondary N) is 1. The molecule has 0 atom stereocenters. The molecule has 2 heteroatoms. The zero-order chi connectivity index (χ0) is 14.3. The van der Waals surface area contributed by atoms with Crippen molar-refractivity contribution in [3.05, 3.63) is 35.0 Å². The molecule has 0 aliphatic heterocycles. The Balaban J connectivity index is 1.94. The molecule has 2 aromatic rings. The molecule has 1 fully saturated rings. The Labute approximate surface area is 122 Å². The average Bonchev–Trinajstić information content (AvgIpc) is 3.21. The Hall–Kier alpha value is -1.28. The molecule has 2 nitrogen and oxygen atoms in total. The fourth-order valence-corrected chi connectivity index (χ4v) is 2.96. The summed E-state index contributed by atoms with van der Waals surface area (Å²) in [5.74, 6) is 0.680. The van der Waals surface area contributed by atoms with Crippen LogP contribution >= 0.6 is 0 Å². The van der Waals surface area contributed by atoms with Gasteiger partial charge in [-0.2, -0.15) is 0 Å². The third-order valence-corrected chi connectivity index (χ3v) is 4.42. The summed E-state index contributed by atoms with van der Waals surface area (Å²) in [6.45, 7) is 11.2. The van der Waals surface area contributed by atoms with Gasteiger partial charge in [0.25, 0.3) is 0 Å². The van der Waals surface area contributed by atoms with E-state index < -0.39 is 0 Å². The fourth-order valence-electron chi connectivity index (χ4n) is 2.96. The van der Waals surface area contributed by atoms with Gasteiger partial charge in [0.05, 0.1) is 0 Å². The maximum atomic E-state index is 3.60. The van der Waals surface area contributed by atoms with Crippen molar-refractivity contribution >= 4 is 10.9 Å². The van der Waals surface area contributed by atoms with Gasteiger partial charge in [-0.3, -0.25) is 0 Å². The van der Waals surface area contributed by atoms with Crippen LogP contribution in [0, 0.1) is 19.8 Å². The van der Waals surface area contributed by atoms with Crippen molar-refractivity contribution in [3.8, 4) is 0 Å². The first-order valence-electron chi connectivity index (χ1n) is 7.88. The molecule has 1 N–H and O–H groups in total. The molecular formula is C18H26N2. The summed E-state index contributed by atoms with van der Waals surface area (Å²) in [4.78, 5) is 0. The van der Waals surface area contributed by atoms with E-state index in [-0.39, 0.29) is 0 Å². The van der Waals surface area contributed by atoms with Crippen molar-refractivity contribution in [3.63, 3.8) is 0 Å². The van der Waals surface area contributed by atoms with Crippen LogP contribution in [0.1, 0.15) is 43.5 Å². The Morgan fingerprint density at radius 1 is 1.25 bits per heavy atom. The van der Waals surface area contributed by atoms with E-state index in [0.29, 0.717) is 5.92 Å². The molecule has 0 bridgehead atoms. The third-order valence-electron chi connectivity index (χ3n) is 4.42. The largest absolute Gasteiger partial charge is 0.344 e. The highest BCUT2D eigenvalue weighted by Crippen LogP contribution is 2.27. The fraction of sp³-hybridized carbons (Fsp3) is 0.556. The first kappa shape index (κ1) is 13.7. The van der Waals surface area contributed by atoms with E-state index in [9.17, 15) is 0 Å². The topological polar surface area (TPSA) is 17.0 Å². The van der Waals surface area contributed by atoms with Gasteiger partial charge >= 0.3 is 0 Å². The molecule has 0 spiro atoms. The first-order valence-corrected chi connectivity index (χ1v) is 7.88. The predicted molar refractivity (Wildman–Crippen MR) is 86.1 cm³/mol. The molecule has 1 aromatic heterocycles. The normalized spacial score (nSPS) is 15.4. The lowest BCUT2D eigenvalue weighted by Crippen LogP contribution is -2.15. The van der Waals surface area contributed by atoms with Crippen molar-refractivity contribution in [2.24, 2.45) is 5.92 Å². The van der Waals surface area contributed by atoms with E-state index in [1.807, 2.05) is 0 Å². The Bertz CT molecular complexity index is 618. The van der Waals surface area contributed by atoms with Gasteiger partial charge in [0, 0.05) is 35.7 Å². The molecule has 1 saturated carbocycles. The van der Waals surface area contributed by atoms with Gasteiger partial charge in [-0.25, -0.2) is 0 Å². The molecule has 108 valence electrons. The van der Waals surface area contributed by atoms with Crippen molar-refractivity contribution < 1.29 is 0 Å². The van der Waals surface area contributed by atoms with Crippen LogP contribution in [0.4, 0.5) is 0 Å². The van der Waals surface area contributed by atoms with Crippen LogP contribution in [-0.4, -0.2) is 10.6 Å². The standard InChI is InChI=1S/C18H26N2/c1-12(2)11-20-14(4)13(3)17-9-15(5-8-18(17)20)10-19-16-6-7-16/h5,8-9,12,16,19H,6-7,10-11H2,1-4H3. The number of aryl methyl sites for hydroxylation is 1. The Morgan fingerprint density at radius 3 is 2.65 bits per heavy atom. The average molecular weight is 270 g/mol. The lowest BCUT2D eigenvalue weighted by atomic mass is 10.1. The molecular weight excluding hydrogens is 244 g/mol. The molecule has 0 amide bonds. The summed E-state index contributed by atoms with van der Waals surface area (Å²) < 4.78 is 2.48. The van der Waals surface area contributed by atoms with Gasteiger partial charge in [-0.15, -0.1) is 0 Å². The van der Waals surface area contributed by atoms with Crippen LogP contribution in [-0.2, 0) is 13.1 Å². The minimum Gasteiger partial charge on any atom is -0.344 e. The van der Waals surface area contributed by atoms with Gasteiger partial charge < -0.3 is 9.88 Å². The zero-order valence-corrected chi connectivity index (χ0v) is 13.2. The summed E-state index contributed by atoms with van der Waals surface area (Å²) in [7, 11) is 0. The maximum absolute atomic E-state index is 3.60.